The Bertz CT molecular complexity index is 1350. The molecule has 166 valence electrons. The van der Waals surface area contributed by atoms with Crippen LogP contribution in [-0.2, 0) is 11.2 Å². The summed E-state index contributed by atoms with van der Waals surface area (Å²) < 4.78 is 47.3. The second-order valence-corrected chi connectivity index (χ2v) is 8.44. The minimum Gasteiger partial charge on any atom is -0.456 e. The van der Waals surface area contributed by atoms with Crippen molar-refractivity contribution in [2.24, 2.45) is 5.10 Å². The van der Waals surface area contributed by atoms with Gasteiger partial charge >= 0.3 is 6.18 Å². The Hall–Kier alpha value is -3.65. The normalized spacial score (nSPS) is 14.7. The lowest BCUT2D eigenvalue weighted by atomic mass is 10.1. The molecule has 0 amide bonds. The predicted octanol–water partition coefficient (Wildman–Crippen LogP) is 6.48. The molecule has 0 unspecified atom stereocenters. The summed E-state index contributed by atoms with van der Waals surface area (Å²) in [5, 5.41) is 8.45. The maximum absolute atomic E-state index is 14.0. The minimum absolute atomic E-state index is 0.0421. The Morgan fingerprint density at radius 3 is 2.61 bits per heavy atom. The van der Waals surface area contributed by atoms with Crippen molar-refractivity contribution in [1.29, 1.82) is 0 Å². The van der Waals surface area contributed by atoms with E-state index in [0.29, 0.717) is 28.5 Å². The molecule has 0 N–H and O–H groups in total. The molecule has 0 aliphatic carbocycles. The number of nitrogens with zero attached hydrogens (tertiary/aromatic N) is 2. The van der Waals surface area contributed by atoms with E-state index < -0.39 is 23.3 Å². The molecular formula is C25H17F3N2O2S. The van der Waals surface area contributed by atoms with Crippen molar-refractivity contribution in [1.82, 2.24) is 0 Å². The first kappa shape index (κ1) is 21.2. The molecule has 2 aromatic heterocycles. The molecular weight excluding hydrogens is 449 g/mol. The van der Waals surface area contributed by atoms with Crippen LogP contribution in [0.1, 0.15) is 16.2 Å². The van der Waals surface area contributed by atoms with Gasteiger partial charge in [-0.3, -0.25) is 9.80 Å². The number of carbonyl (C=O) groups is 1. The van der Waals surface area contributed by atoms with Crippen LogP contribution in [0.15, 0.2) is 87.7 Å². The summed E-state index contributed by atoms with van der Waals surface area (Å²) >= 11 is 1.25. The van der Waals surface area contributed by atoms with Crippen molar-refractivity contribution in [2.45, 2.75) is 12.6 Å². The molecule has 33 heavy (non-hydrogen) atoms. The lowest BCUT2D eigenvalue weighted by molar-refractivity contribution is -0.109. The Morgan fingerprint density at radius 1 is 1.06 bits per heavy atom. The van der Waals surface area contributed by atoms with E-state index in [1.807, 2.05) is 24.3 Å². The van der Waals surface area contributed by atoms with Gasteiger partial charge in [-0.1, -0.05) is 42.5 Å². The highest BCUT2D eigenvalue weighted by Gasteiger charge is 2.38. The van der Waals surface area contributed by atoms with Gasteiger partial charge < -0.3 is 4.42 Å². The molecule has 1 aliphatic rings. The van der Waals surface area contributed by atoms with Crippen LogP contribution in [-0.4, -0.2) is 24.2 Å². The van der Waals surface area contributed by atoms with Crippen LogP contribution < -0.4 is 5.01 Å². The van der Waals surface area contributed by atoms with E-state index in [1.54, 1.807) is 46.8 Å². The lowest BCUT2D eigenvalue weighted by Crippen LogP contribution is -2.22. The maximum Gasteiger partial charge on any atom is 0.420 e. The number of ketones is 1. The van der Waals surface area contributed by atoms with Gasteiger partial charge in [0.15, 0.2) is 0 Å². The van der Waals surface area contributed by atoms with Crippen LogP contribution in [0.25, 0.3) is 16.5 Å². The fourth-order valence-electron chi connectivity index (χ4n) is 3.79. The summed E-state index contributed by atoms with van der Waals surface area (Å²) in [4.78, 5) is 13.7. The molecule has 5 rings (SSSR count). The van der Waals surface area contributed by atoms with Gasteiger partial charge in [-0.05, 0) is 41.6 Å². The Labute approximate surface area is 191 Å². The zero-order valence-electron chi connectivity index (χ0n) is 17.2. The first-order valence-corrected chi connectivity index (χ1v) is 11.1. The fourth-order valence-corrected chi connectivity index (χ4v) is 4.50. The second kappa shape index (κ2) is 8.37. The molecule has 4 aromatic rings. The van der Waals surface area contributed by atoms with Crippen molar-refractivity contribution in [3.8, 4) is 0 Å². The summed E-state index contributed by atoms with van der Waals surface area (Å²) in [6, 6.07) is 19.0. The lowest BCUT2D eigenvalue weighted by Gasteiger charge is -2.15. The number of hydrazone groups is 1. The third-order valence-electron chi connectivity index (χ3n) is 5.34. The third kappa shape index (κ3) is 4.21. The number of alkyl halides is 3. The smallest absolute Gasteiger partial charge is 0.420 e. The Kier molecular flexibility index (Phi) is 5.38. The third-order valence-corrected chi connectivity index (χ3v) is 6.22. The minimum atomic E-state index is -4.79. The number of anilines is 1. The van der Waals surface area contributed by atoms with Gasteiger partial charge in [0.05, 0.1) is 10.6 Å². The van der Waals surface area contributed by atoms with Gasteiger partial charge in [0.2, 0.25) is 5.78 Å². The topological polar surface area (TPSA) is 45.8 Å². The number of rotatable bonds is 5. The molecule has 0 saturated carbocycles. The van der Waals surface area contributed by atoms with E-state index in [9.17, 15) is 18.0 Å². The number of fused-ring (bicyclic) bond motifs is 2. The monoisotopic (exact) mass is 466 g/mol. The fraction of sp³-hybridized carbons (Fsp3) is 0.120. The Morgan fingerprint density at radius 2 is 1.85 bits per heavy atom. The van der Waals surface area contributed by atoms with Gasteiger partial charge in [0.1, 0.15) is 22.6 Å². The number of para-hydroxylation sites is 2. The predicted molar refractivity (Wildman–Crippen MR) is 124 cm³/mol. The number of hydrogen-bond donors (Lipinski definition) is 0. The van der Waals surface area contributed by atoms with E-state index in [1.165, 1.54) is 17.4 Å². The zero-order chi connectivity index (χ0) is 23.0. The van der Waals surface area contributed by atoms with Gasteiger partial charge in [0, 0.05) is 18.0 Å². The first-order valence-electron chi connectivity index (χ1n) is 10.2. The molecule has 0 atom stereocenters. The Balaban J connectivity index is 1.58. The van der Waals surface area contributed by atoms with E-state index >= 15 is 0 Å². The second-order valence-electron chi connectivity index (χ2n) is 7.50. The average Bonchev–Trinajstić information content (AvgIpc) is 3.54. The maximum atomic E-state index is 14.0. The number of carbonyl (C=O) groups excluding carboxylic acids is 1. The quantitative estimate of drug-likeness (QED) is 0.250. The van der Waals surface area contributed by atoms with E-state index in [2.05, 4.69) is 5.10 Å². The number of furan rings is 1. The van der Waals surface area contributed by atoms with Crippen LogP contribution in [0, 0.1) is 0 Å². The van der Waals surface area contributed by atoms with E-state index in [4.69, 9.17) is 4.42 Å². The zero-order valence-corrected chi connectivity index (χ0v) is 18.0. The molecule has 0 radical (unpaired) electrons. The van der Waals surface area contributed by atoms with Crippen molar-refractivity contribution in [2.75, 3.05) is 11.6 Å². The summed E-state index contributed by atoms with van der Waals surface area (Å²) in [5.74, 6) is -1.25. The number of halogens is 3. The molecule has 2 aromatic carbocycles. The summed E-state index contributed by atoms with van der Waals surface area (Å²) in [6.07, 6.45) is -3.46. The van der Waals surface area contributed by atoms with Gasteiger partial charge in [-0.25, -0.2) is 0 Å². The number of benzene rings is 2. The van der Waals surface area contributed by atoms with Crippen molar-refractivity contribution < 1.29 is 22.4 Å². The van der Waals surface area contributed by atoms with E-state index in [0.717, 1.165) is 17.7 Å². The highest BCUT2D eigenvalue weighted by atomic mass is 32.1. The molecule has 0 fully saturated rings. The molecule has 0 saturated heterocycles. The van der Waals surface area contributed by atoms with Gasteiger partial charge in [0.25, 0.3) is 0 Å². The molecule has 1 aliphatic heterocycles. The number of allylic oxidation sites excluding steroid dienone is 2. The van der Waals surface area contributed by atoms with Gasteiger partial charge in [-0.15, -0.1) is 11.3 Å². The average molecular weight is 466 g/mol. The van der Waals surface area contributed by atoms with Gasteiger partial charge in [-0.2, -0.15) is 18.3 Å². The summed E-state index contributed by atoms with van der Waals surface area (Å²) in [6.45, 7) is 0.543. The molecule has 3 heterocycles. The highest BCUT2D eigenvalue weighted by molar-refractivity contribution is 7.13. The summed E-state index contributed by atoms with van der Waals surface area (Å²) in [7, 11) is 0. The number of thiophene rings is 1. The SMILES string of the molecule is O=C(/C=C(/c1cc2ccccc2o1)C(F)(F)F)/C(=N/N1CCc2ccccc21)c1cccs1. The summed E-state index contributed by atoms with van der Waals surface area (Å²) in [5.41, 5.74) is 1.05. The standard InChI is InChI=1S/C25H17F3N2O2S/c26-25(27,28)18(22-14-17-7-2-4-9-21(17)32-22)15-20(31)24(23-10-5-13-33-23)29-30-12-11-16-6-1-3-8-19(16)30/h1-10,13-15H,11-12H2/b18-15-,29-24-. The van der Waals surface area contributed by atoms with Crippen LogP contribution in [0.2, 0.25) is 0 Å². The van der Waals surface area contributed by atoms with Crippen LogP contribution in [0.5, 0.6) is 0 Å². The van der Waals surface area contributed by atoms with Crippen molar-refractivity contribution in [3.05, 3.63) is 94.4 Å². The first-order chi connectivity index (χ1) is 15.9. The van der Waals surface area contributed by atoms with E-state index in [-0.39, 0.29) is 5.71 Å². The molecule has 0 bridgehead atoms. The molecule has 8 heteroatoms. The molecule has 0 spiro atoms. The highest BCUT2D eigenvalue weighted by Crippen LogP contribution is 2.37. The molecule has 4 nitrogen and oxygen atoms in total. The number of hydrogen-bond acceptors (Lipinski definition) is 5. The van der Waals surface area contributed by atoms with Crippen LogP contribution in [0.3, 0.4) is 0 Å². The van der Waals surface area contributed by atoms with Crippen molar-refractivity contribution >= 4 is 45.1 Å². The van der Waals surface area contributed by atoms with Crippen LogP contribution in [0.4, 0.5) is 18.9 Å². The largest absolute Gasteiger partial charge is 0.456 e. The van der Waals surface area contributed by atoms with Crippen LogP contribution >= 0.6 is 11.3 Å². The van der Waals surface area contributed by atoms with Crippen molar-refractivity contribution in [3.63, 3.8) is 0 Å².